The fourth-order valence-corrected chi connectivity index (χ4v) is 2.14. The number of methoxy groups -OCH3 is 1. The van der Waals surface area contributed by atoms with Crippen LogP contribution in [0, 0.1) is 11.8 Å². The minimum absolute atomic E-state index is 0.109. The Hall–Kier alpha value is -1.58. The smallest absolute Gasteiger partial charge is 0.158 e. The van der Waals surface area contributed by atoms with E-state index in [0.29, 0.717) is 32.7 Å². The van der Waals surface area contributed by atoms with E-state index in [0.717, 1.165) is 17.7 Å². The molecule has 0 amide bonds. The third-order valence-corrected chi connectivity index (χ3v) is 3.40. The maximum atomic E-state index is 9.82. The Morgan fingerprint density at radius 3 is 2.65 bits per heavy atom. The number of benzene rings is 1. The molecule has 0 radical (unpaired) electrons. The predicted molar refractivity (Wildman–Crippen MR) is 86.0 cm³/mol. The van der Waals surface area contributed by atoms with E-state index in [1.165, 1.54) is 0 Å². The van der Waals surface area contributed by atoms with Crippen molar-refractivity contribution in [2.45, 2.75) is 38.3 Å². The van der Waals surface area contributed by atoms with E-state index >= 15 is 0 Å². The van der Waals surface area contributed by atoms with E-state index in [1.54, 1.807) is 7.11 Å². The van der Waals surface area contributed by atoms with Crippen molar-refractivity contribution in [1.82, 2.24) is 0 Å². The number of aliphatic hydroxyl groups is 1. The van der Waals surface area contributed by atoms with Gasteiger partial charge in [-0.25, -0.2) is 0 Å². The Morgan fingerprint density at radius 1 is 1.22 bits per heavy atom. The maximum Gasteiger partial charge on any atom is 0.158 e. The van der Waals surface area contributed by atoms with Crippen molar-refractivity contribution in [2.75, 3.05) is 26.9 Å². The molecular weight excluding hydrogens is 296 g/mol. The summed E-state index contributed by atoms with van der Waals surface area (Å²) >= 11 is 0. The van der Waals surface area contributed by atoms with Crippen LogP contribution in [0.4, 0.5) is 0 Å². The van der Waals surface area contributed by atoms with E-state index < -0.39 is 6.10 Å². The molecular formula is C18H24O5. The van der Waals surface area contributed by atoms with Crippen molar-refractivity contribution < 1.29 is 24.1 Å². The Balaban J connectivity index is 1.54. The molecule has 5 nitrogen and oxygen atoms in total. The molecule has 1 aliphatic heterocycles. The highest BCUT2D eigenvalue weighted by atomic mass is 16.7. The Labute approximate surface area is 137 Å². The number of hydrogen-bond acceptors (Lipinski definition) is 5. The number of hydrogen-bond donors (Lipinski definition) is 1. The van der Waals surface area contributed by atoms with Crippen molar-refractivity contribution in [3.8, 4) is 17.6 Å². The van der Waals surface area contributed by atoms with E-state index in [4.69, 9.17) is 18.9 Å². The highest BCUT2D eigenvalue weighted by Crippen LogP contribution is 2.12. The van der Waals surface area contributed by atoms with E-state index in [1.807, 2.05) is 24.3 Å². The fraction of sp³-hybridized carbons (Fsp3) is 0.556. The van der Waals surface area contributed by atoms with Crippen LogP contribution < -0.4 is 4.74 Å². The largest absolute Gasteiger partial charge is 0.497 e. The van der Waals surface area contributed by atoms with Crippen molar-refractivity contribution in [1.29, 1.82) is 0 Å². The Bertz CT molecular complexity index is 496. The van der Waals surface area contributed by atoms with Gasteiger partial charge in [-0.15, -0.1) is 11.8 Å². The van der Waals surface area contributed by atoms with Crippen LogP contribution in [0.5, 0.6) is 5.75 Å². The van der Waals surface area contributed by atoms with Gasteiger partial charge in [0, 0.05) is 19.3 Å². The summed E-state index contributed by atoms with van der Waals surface area (Å²) in [6.07, 6.45) is 1.22. The minimum Gasteiger partial charge on any atom is -0.497 e. The molecule has 1 saturated heterocycles. The van der Waals surface area contributed by atoms with Gasteiger partial charge in [0.1, 0.15) is 5.75 Å². The summed E-state index contributed by atoms with van der Waals surface area (Å²) in [4.78, 5) is 0. The third-order valence-electron chi connectivity index (χ3n) is 3.40. The van der Waals surface area contributed by atoms with Crippen LogP contribution in [-0.2, 0) is 20.8 Å². The number of aliphatic hydroxyl groups excluding tert-OH is 1. The van der Waals surface area contributed by atoms with Crippen molar-refractivity contribution in [3.05, 3.63) is 29.8 Å². The molecule has 126 valence electrons. The summed E-state index contributed by atoms with van der Waals surface area (Å²) in [5.74, 6) is 6.81. The van der Waals surface area contributed by atoms with Crippen molar-refractivity contribution in [2.24, 2.45) is 0 Å². The molecule has 0 bridgehead atoms. The standard InChI is InChI=1S/C18H24O5/c1-20-17-9-7-15(8-10-17)13-21-14-16(19)5-3-2-4-6-18-22-11-12-23-18/h7-10,16,18-19H,4-6,11-14H2,1H3/t16-/m1/s1. The van der Waals surface area contributed by atoms with Crippen LogP contribution in [0.15, 0.2) is 24.3 Å². The lowest BCUT2D eigenvalue weighted by Crippen LogP contribution is -2.14. The Kier molecular flexibility index (Phi) is 7.91. The normalized spacial score (nSPS) is 15.9. The first-order valence-corrected chi connectivity index (χ1v) is 7.85. The second-order valence-corrected chi connectivity index (χ2v) is 5.28. The summed E-state index contributed by atoms with van der Waals surface area (Å²) in [6.45, 7) is 2.07. The molecule has 1 aromatic carbocycles. The number of rotatable bonds is 8. The molecule has 2 rings (SSSR count). The van der Waals surface area contributed by atoms with E-state index in [9.17, 15) is 5.11 Å². The predicted octanol–water partition coefficient (Wildman–Crippen LogP) is 2.12. The first-order chi connectivity index (χ1) is 11.3. The molecule has 1 atom stereocenters. The van der Waals surface area contributed by atoms with Gasteiger partial charge < -0.3 is 24.1 Å². The van der Waals surface area contributed by atoms with Gasteiger partial charge in [0.05, 0.1) is 39.6 Å². The van der Waals surface area contributed by atoms with Crippen LogP contribution in [0.3, 0.4) is 0 Å². The van der Waals surface area contributed by atoms with Gasteiger partial charge in [0.25, 0.3) is 0 Å². The van der Waals surface area contributed by atoms with Gasteiger partial charge in [0.2, 0.25) is 0 Å². The summed E-state index contributed by atoms with van der Waals surface area (Å²) in [5, 5.41) is 9.82. The van der Waals surface area contributed by atoms with Crippen LogP contribution in [0.1, 0.15) is 24.8 Å². The lowest BCUT2D eigenvalue weighted by atomic mass is 10.2. The second-order valence-electron chi connectivity index (χ2n) is 5.28. The first-order valence-electron chi connectivity index (χ1n) is 7.85. The molecule has 0 aliphatic carbocycles. The van der Waals surface area contributed by atoms with Gasteiger partial charge in [0.15, 0.2) is 6.29 Å². The summed E-state index contributed by atoms with van der Waals surface area (Å²) in [6, 6.07) is 7.66. The zero-order chi connectivity index (χ0) is 16.3. The lowest BCUT2D eigenvalue weighted by Gasteiger charge is -2.09. The maximum absolute atomic E-state index is 9.82. The van der Waals surface area contributed by atoms with Gasteiger partial charge >= 0.3 is 0 Å². The molecule has 1 aromatic rings. The quantitative estimate of drug-likeness (QED) is 0.744. The minimum atomic E-state index is -0.570. The monoisotopic (exact) mass is 320 g/mol. The zero-order valence-electron chi connectivity index (χ0n) is 13.5. The Morgan fingerprint density at radius 2 is 1.96 bits per heavy atom. The van der Waals surface area contributed by atoms with Gasteiger partial charge in [-0.2, -0.15) is 0 Å². The lowest BCUT2D eigenvalue weighted by molar-refractivity contribution is -0.0454. The molecule has 0 spiro atoms. The number of ether oxygens (including phenoxy) is 4. The first kappa shape index (κ1) is 17.8. The SMILES string of the molecule is COc1ccc(COC[C@H](O)CC#CCCC2OCCO2)cc1. The van der Waals surface area contributed by atoms with Gasteiger partial charge in [-0.1, -0.05) is 12.1 Å². The van der Waals surface area contributed by atoms with Gasteiger partial charge in [-0.3, -0.25) is 0 Å². The molecule has 1 fully saturated rings. The van der Waals surface area contributed by atoms with Crippen LogP contribution in [0.2, 0.25) is 0 Å². The van der Waals surface area contributed by atoms with E-state index in [-0.39, 0.29) is 12.9 Å². The molecule has 5 heteroatoms. The summed E-state index contributed by atoms with van der Waals surface area (Å²) in [7, 11) is 1.64. The molecule has 1 aliphatic rings. The second kappa shape index (κ2) is 10.2. The third kappa shape index (κ3) is 7.02. The van der Waals surface area contributed by atoms with Crippen LogP contribution in [0.25, 0.3) is 0 Å². The van der Waals surface area contributed by atoms with Gasteiger partial charge in [-0.05, 0) is 17.7 Å². The average Bonchev–Trinajstić information content (AvgIpc) is 3.08. The highest BCUT2D eigenvalue weighted by Gasteiger charge is 2.14. The van der Waals surface area contributed by atoms with Crippen LogP contribution in [-0.4, -0.2) is 44.4 Å². The van der Waals surface area contributed by atoms with Crippen molar-refractivity contribution in [3.63, 3.8) is 0 Å². The molecule has 0 unspecified atom stereocenters. The molecule has 1 heterocycles. The average molecular weight is 320 g/mol. The highest BCUT2D eigenvalue weighted by molar-refractivity contribution is 5.26. The van der Waals surface area contributed by atoms with E-state index in [2.05, 4.69) is 11.8 Å². The summed E-state index contributed by atoms with van der Waals surface area (Å²) in [5.41, 5.74) is 1.04. The van der Waals surface area contributed by atoms with Crippen molar-refractivity contribution >= 4 is 0 Å². The topological polar surface area (TPSA) is 57.2 Å². The zero-order valence-corrected chi connectivity index (χ0v) is 13.5. The molecule has 23 heavy (non-hydrogen) atoms. The fourth-order valence-electron chi connectivity index (χ4n) is 2.14. The summed E-state index contributed by atoms with van der Waals surface area (Å²) < 4.78 is 21.2. The molecule has 1 N–H and O–H groups in total. The molecule has 0 aromatic heterocycles. The molecule has 0 saturated carbocycles. The van der Waals surface area contributed by atoms with Crippen LogP contribution >= 0.6 is 0 Å².